The third-order valence-electron chi connectivity index (χ3n) is 9.02. The monoisotopic (exact) mass is 766 g/mol. The van der Waals surface area contributed by atoms with Crippen molar-refractivity contribution >= 4 is 29.8 Å². The average Bonchev–Trinajstić information content (AvgIpc) is 3.24. The van der Waals surface area contributed by atoms with E-state index in [2.05, 4.69) is 0 Å². The summed E-state index contributed by atoms with van der Waals surface area (Å²) in [7, 11) is 1.37. The molecule has 1 heterocycles. The van der Waals surface area contributed by atoms with E-state index in [0.717, 1.165) is 32.1 Å². The second-order valence-corrected chi connectivity index (χ2v) is 13.0. The van der Waals surface area contributed by atoms with Gasteiger partial charge < -0.3 is 33.2 Å². The largest absolute Gasteiger partial charge is 0.469 e. The molecule has 12 heteroatoms. The van der Waals surface area contributed by atoms with E-state index in [-0.39, 0.29) is 34.8 Å². The Balaban J connectivity index is 1.43. The summed E-state index contributed by atoms with van der Waals surface area (Å²) in [5.74, 6) is -3.22. The molecular formula is C44H46O12. The lowest BCUT2D eigenvalue weighted by atomic mass is 9.97. The van der Waals surface area contributed by atoms with Gasteiger partial charge in [-0.15, -0.1) is 0 Å². The summed E-state index contributed by atoms with van der Waals surface area (Å²) in [5.41, 5.74) is 0.878. The van der Waals surface area contributed by atoms with Gasteiger partial charge in [0.1, 0.15) is 12.7 Å². The van der Waals surface area contributed by atoms with Crippen LogP contribution in [0.2, 0.25) is 0 Å². The highest BCUT2D eigenvalue weighted by Crippen LogP contribution is 2.32. The topological polar surface area (TPSA) is 150 Å². The SMILES string of the molecule is COC(=O)CCCCCCCCO[C@H]1O[C@H](COC(=O)c2ccccc2)[C@@H](OC(=O)c2ccccc2)[C@H](OC(=O)c2ccccc2)[C@@H]1OC(=O)c1ccccc1. The lowest BCUT2D eigenvalue weighted by Gasteiger charge is -2.44. The van der Waals surface area contributed by atoms with Gasteiger partial charge in [-0.2, -0.15) is 0 Å². The second kappa shape index (κ2) is 21.9. The quantitative estimate of drug-likeness (QED) is 0.0541. The molecule has 1 aliphatic rings. The third-order valence-corrected chi connectivity index (χ3v) is 9.02. The Hall–Kier alpha value is -5.85. The molecule has 0 amide bonds. The van der Waals surface area contributed by atoms with Crippen molar-refractivity contribution in [2.75, 3.05) is 20.3 Å². The molecule has 4 aromatic rings. The zero-order valence-corrected chi connectivity index (χ0v) is 31.2. The minimum Gasteiger partial charge on any atom is -0.469 e. The molecule has 1 fully saturated rings. The molecule has 0 radical (unpaired) electrons. The first-order valence-electron chi connectivity index (χ1n) is 18.7. The number of unbranched alkanes of at least 4 members (excludes halogenated alkanes) is 5. The normalized spacial score (nSPS) is 18.9. The number of hydrogen-bond donors (Lipinski definition) is 0. The van der Waals surface area contributed by atoms with Crippen LogP contribution in [0.5, 0.6) is 0 Å². The van der Waals surface area contributed by atoms with Crippen LogP contribution in [0.3, 0.4) is 0 Å². The standard InChI is InChI=1S/C44H46O12/c1-50-36(45)28-18-4-2-3-5-19-29-51-44-39(56-43(49)34-26-16-9-17-27-34)38(55-42(48)33-24-14-8-15-25-33)37(54-41(47)32-22-12-7-13-23-32)35(53-44)30-52-40(46)31-20-10-6-11-21-31/h6-17,20-27,35,37-39,44H,2-5,18-19,28-30H2,1H3/t35-,37-,38+,39+,44+/m1/s1. The van der Waals surface area contributed by atoms with E-state index in [1.165, 1.54) is 7.11 Å². The zero-order valence-electron chi connectivity index (χ0n) is 31.2. The first-order chi connectivity index (χ1) is 27.3. The Morgan fingerprint density at radius 3 is 1.39 bits per heavy atom. The summed E-state index contributed by atoms with van der Waals surface area (Å²) in [4.78, 5) is 65.6. The summed E-state index contributed by atoms with van der Waals surface area (Å²) >= 11 is 0. The van der Waals surface area contributed by atoms with Gasteiger partial charge >= 0.3 is 29.8 Å². The fourth-order valence-electron chi connectivity index (χ4n) is 6.04. The maximum absolute atomic E-state index is 13.7. The number of esters is 5. The highest BCUT2D eigenvalue weighted by atomic mass is 16.7. The van der Waals surface area contributed by atoms with Crippen molar-refractivity contribution in [1.29, 1.82) is 0 Å². The average molecular weight is 767 g/mol. The van der Waals surface area contributed by atoms with Gasteiger partial charge in [0.25, 0.3) is 0 Å². The molecule has 1 saturated heterocycles. The fourth-order valence-corrected chi connectivity index (χ4v) is 6.04. The highest BCUT2D eigenvalue weighted by molar-refractivity contribution is 5.91. The zero-order chi connectivity index (χ0) is 39.5. The van der Waals surface area contributed by atoms with Crippen LogP contribution in [0.25, 0.3) is 0 Å². The van der Waals surface area contributed by atoms with Crippen molar-refractivity contribution in [3.63, 3.8) is 0 Å². The van der Waals surface area contributed by atoms with Crippen LogP contribution in [-0.2, 0) is 38.0 Å². The Kier molecular flexibility index (Phi) is 16.2. The summed E-state index contributed by atoms with van der Waals surface area (Å²) in [6.07, 6.45) is -1.78. The van der Waals surface area contributed by atoms with Crippen molar-refractivity contribution < 1.29 is 57.1 Å². The van der Waals surface area contributed by atoms with Gasteiger partial charge in [0.05, 0.1) is 29.4 Å². The van der Waals surface area contributed by atoms with Gasteiger partial charge in [-0.3, -0.25) is 4.79 Å². The molecule has 0 bridgehead atoms. The van der Waals surface area contributed by atoms with Gasteiger partial charge in [-0.1, -0.05) is 98.5 Å². The van der Waals surface area contributed by atoms with Crippen molar-refractivity contribution in [2.24, 2.45) is 0 Å². The Morgan fingerprint density at radius 2 is 0.911 bits per heavy atom. The summed E-state index contributed by atoms with van der Waals surface area (Å²) < 4.78 is 41.2. The van der Waals surface area contributed by atoms with E-state index in [1.54, 1.807) is 121 Å². The second-order valence-electron chi connectivity index (χ2n) is 13.0. The number of hydrogen-bond acceptors (Lipinski definition) is 12. The lowest BCUT2D eigenvalue weighted by Crippen LogP contribution is -2.63. The molecule has 0 aliphatic carbocycles. The van der Waals surface area contributed by atoms with Gasteiger partial charge in [-0.25, -0.2) is 19.2 Å². The lowest BCUT2D eigenvalue weighted by molar-refractivity contribution is -0.298. The van der Waals surface area contributed by atoms with Crippen LogP contribution in [-0.4, -0.2) is 80.9 Å². The Labute approximate surface area is 325 Å². The smallest absolute Gasteiger partial charge is 0.338 e. The number of ether oxygens (including phenoxy) is 7. The van der Waals surface area contributed by atoms with Crippen LogP contribution in [0.1, 0.15) is 86.4 Å². The molecule has 56 heavy (non-hydrogen) atoms. The third kappa shape index (κ3) is 12.3. The van der Waals surface area contributed by atoms with E-state index < -0.39 is 61.2 Å². The van der Waals surface area contributed by atoms with Crippen molar-refractivity contribution in [2.45, 2.75) is 75.7 Å². The fraction of sp³-hybridized carbons (Fsp3) is 0.341. The van der Waals surface area contributed by atoms with Crippen molar-refractivity contribution in [1.82, 2.24) is 0 Å². The predicted molar refractivity (Wildman–Crippen MR) is 203 cm³/mol. The predicted octanol–water partition coefficient (Wildman–Crippen LogP) is 7.17. The summed E-state index contributed by atoms with van der Waals surface area (Å²) in [5, 5.41) is 0. The highest BCUT2D eigenvalue weighted by Gasteiger charge is 2.53. The van der Waals surface area contributed by atoms with Crippen LogP contribution in [0.15, 0.2) is 121 Å². The molecule has 5 rings (SSSR count). The first kappa shape index (κ1) is 41.3. The molecule has 0 aromatic heterocycles. The minimum atomic E-state index is -1.49. The molecular weight excluding hydrogens is 720 g/mol. The maximum Gasteiger partial charge on any atom is 0.338 e. The maximum atomic E-state index is 13.7. The molecule has 12 nitrogen and oxygen atoms in total. The van der Waals surface area contributed by atoms with E-state index in [9.17, 15) is 24.0 Å². The molecule has 294 valence electrons. The number of rotatable bonds is 19. The van der Waals surface area contributed by atoms with Gasteiger partial charge in [-0.05, 0) is 61.4 Å². The number of carbonyl (C=O) groups excluding carboxylic acids is 5. The summed E-state index contributed by atoms with van der Waals surface area (Å²) in [6.45, 7) is -0.277. The van der Waals surface area contributed by atoms with E-state index >= 15 is 0 Å². The number of methoxy groups -OCH3 is 1. The molecule has 5 atom stereocenters. The molecule has 0 saturated carbocycles. The van der Waals surface area contributed by atoms with Gasteiger partial charge in [0, 0.05) is 13.0 Å². The molecule has 1 aliphatic heterocycles. The van der Waals surface area contributed by atoms with Crippen LogP contribution >= 0.6 is 0 Å². The van der Waals surface area contributed by atoms with Gasteiger partial charge in [0.2, 0.25) is 0 Å². The van der Waals surface area contributed by atoms with Crippen molar-refractivity contribution in [3.8, 4) is 0 Å². The Bertz CT molecular complexity index is 1840. The van der Waals surface area contributed by atoms with Crippen molar-refractivity contribution in [3.05, 3.63) is 144 Å². The van der Waals surface area contributed by atoms with Crippen LogP contribution in [0, 0.1) is 0 Å². The number of carbonyl (C=O) groups is 5. The van der Waals surface area contributed by atoms with Crippen LogP contribution < -0.4 is 0 Å². The van der Waals surface area contributed by atoms with E-state index in [1.807, 2.05) is 0 Å². The van der Waals surface area contributed by atoms with E-state index in [4.69, 9.17) is 33.2 Å². The first-order valence-corrected chi connectivity index (χ1v) is 18.7. The summed E-state index contributed by atoms with van der Waals surface area (Å²) in [6, 6.07) is 32.9. The number of benzene rings is 4. The molecule has 0 spiro atoms. The Morgan fingerprint density at radius 1 is 0.500 bits per heavy atom. The molecule has 4 aromatic carbocycles. The van der Waals surface area contributed by atoms with Crippen LogP contribution in [0.4, 0.5) is 0 Å². The molecule has 0 unspecified atom stereocenters. The minimum absolute atomic E-state index is 0.163. The molecule has 0 N–H and O–H groups in total. The van der Waals surface area contributed by atoms with E-state index in [0.29, 0.717) is 12.8 Å². The van der Waals surface area contributed by atoms with Gasteiger partial charge in [0.15, 0.2) is 24.6 Å².